The summed E-state index contributed by atoms with van der Waals surface area (Å²) in [4.78, 5) is 0. The molecule has 0 bridgehead atoms. The normalized spacial score (nSPS) is 11.3. The van der Waals surface area contributed by atoms with E-state index in [1.54, 1.807) is 0 Å². The fourth-order valence-corrected chi connectivity index (χ4v) is 11.7. The molecular weight excluding hydrogens is 937 g/mol. The predicted octanol–water partition coefficient (Wildman–Crippen LogP) is 21.8. The molecule has 0 fully saturated rings. The molecule has 0 N–H and O–H groups in total. The molecule has 0 saturated heterocycles. The second kappa shape index (κ2) is 20.2. The summed E-state index contributed by atoms with van der Waals surface area (Å²) in [6, 6.07) is 116. The Kier molecular flexibility index (Phi) is 12.0. The Balaban J connectivity index is 1.04. The van der Waals surface area contributed by atoms with Gasteiger partial charge in [0.1, 0.15) is 0 Å². The third kappa shape index (κ3) is 8.96. The molecule has 0 amide bonds. The molecule has 0 heterocycles. The summed E-state index contributed by atoms with van der Waals surface area (Å²) in [6.45, 7) is 0. The van der Waals surface area contributed by atoms with E-state index in [2.05, 4.69) is 315 Å². The van der Waals surface area contributed by atoms with Gasteiger partial charge in [0, 0.05) is 0 Å². The Morgan fingerprint density at radius 3 is 0.744 bits per heavy atom. The molecule has 0 nitrogen and oxygen atoms in total. The molecule has 14 aromatic carbocycles. The third-order valence-corrected chi connectivity index (χ3v) is 15.5. The lowest BCUT2D eigenvalue weighted by Crippen LogP contribution is -1.93. The highest BCUT2D eigenvalue weighted by Crippen LogP contribution is 2.47. The van der Waals surface area contributed by atoms with Crippen molar-refractivity contribution in [2.75, 3.05) is 0 Å². The van der Waals surface area contributed by atoms with Gasteiger partial charge in [-0.3, -0.25) is 0 Å². The lowest BCUT2D eigenvalue weighted by atomic mass is 9.83. The van der Waals surface area contributed by atoms with E-state index in [1.165, 1.54) is 116 Å². The van der Waals surface area contributed by atoms with Crippen molar-refractivity contribution in [3.63, 3.8) is 0 Å². The van der Waals surface area contributed by atoms with Crippen molar-refractivity contribution in [3.05, 3.63) is 315 Å². The van der Waals surface area contributed by atoms with Crippen molar-refractivity contribution in [2.45, 2.75) is 0 Å². The zero-order valence-corrected chi connectivity index (χ0v) is 43.0. The average molecular weight is 989 g/mol. The summed E-state index contributed by atoms with van der Waals surface area (Å²) in [5, 5.41) is 7.37. The molecule has 0 spiro atoms. The van der Waals surface area contributed by atoms with E-state index in [0.29, 0.717) is 0 Å². The first kappa shape index (κ1) is 46.4. The van der Waals surface area contributed by atoms with Crippen LogP contribution in [0.25, 0.3) is 144 Å². The molecule has 0 atom stereocenters. The smallest absolute Gasteiger partial charge is 0.00259 e. The van der Waals surface area contributed by atoms with Crippen LogP contribution < -0.4 is 0 Å². The minimum atomic E-state index is 1.14. The lowest BCUT2D eigenvalue weighted by Gasteiger charge is -2.20. The molecule has 14 rings (SSSR count). The van der Waals surface area contributed by atoms with Crippen molar-refractivity contribution in [1.82, 2.24) is 0 Å². The second-order valence-corrected chi connectivity index (χ2v) is 20.4. The highest BCUT2D eigenvalue weighted by atomic mass is 14.2. The van der Waals surface area contributed by atoms with Crippen LogP contribution in [0.4, 0.5) is 0 Å². The van der Waals surface area contributed by atoms with Crippen molar-refractivity contribution in [3.8, 4) is 111 Å². The van der Waals surface area contributed by atoms with Crippen LogP contribution >= 0.6 is 0 Å². The molecule has 14 aromatic rings. The second-order valence-electron chi connectivity index (χ2n) is 20.4. The molecule has 0 unspecified atom stereocenters. The van der Waals surface area contributed by atoms with Crippen LogP contribution in [0.15, 0.2) is 315 Å². The van der Waals surface area contributed by atoms with Gasteiger partial charge in [-0.25, -0.2) is 0 Å². The molecule has 0 aromatic heterocycles. The summed E-state index contributed by atoms with van der Waals surface area (Å²) in [6.07, 6.45) is 0. The first-order chi connectivity index (χ1) is 38.6. The van der Waals surface area contributed by atoms with Gasteiger partial charge in [0.15, 0.2) is 0 Å². The summed E-state index contributed by atoms with van der Waals surface area (Å²) >= 11 is 0. The highest BCUT2D eigenvalue weighted by molar-refractivity contribution is 6.22. The number of hydrogen-bond acceptors (Lipinski definition) is 0. The van der Waals surface area contributed by atoms with E-state index in [-0.39, 0.29) is 0 Å². The van der Waals surface area contributed by atoms with E-state index in [9.17, 15) is 0 Å². The van der Waals surface area contributed by atoms with Crippen LogP contribution in [0.3, 0.4) is 0 Å². The quantitative estimate of drug-likeness (QED) is 0.120. The van der Waals surface area contributed by atoms with Crippen LogP contribution in [0.5, 0.6) is 0 Å². The van der Waals surface area contributed by atoms with Crippen LogP contribution in [-0.2, 0) is 0 Å². The summed E-state index contributed by atoms with van der Waals surface area (Å²) in [7, 11) is 0. The zero-order chi connectivity index (χ0) is 51.8. The van der Waals surface area contributed by atoms with E-state index in [0.717, 1.165) is 27.8 Å². The Hall–Kier alpha value is -10.1. The van der Waals surface area contributed by atoms with Gasteiger partial charge in [0.2, 0.25) is 0 Å². The van der Waals surface area contributed by atoms with Crippen LogP contribution in [0.2, 0.25) is 0 Å². The Bertz CT molecular complexity index is 4270. The van der Waals surface area contributed by atoms with E-state index in [4.69, 9.17) is 0 Å². The van der Waals surface area contributed by atoms with E-state index in [1.807, 2.05) is 0 Å². The predicted molar refractivity (Wildman–Crippen MR) is 333 cm³/mol. The van der Waals surface area contributed by atoms with Gasteiger partial charge in [-0.15, -0.1) is 0 Å². The molecule has 0 aliphatic rings. The van der Waals surface area contributed by atoms with E-state index < -0.39 is 0 Å². The maximum atomic E-state index is 2.45. The average Bonchev–Trinajstić information content (AvgIpc) is 3.69. The maximum absolute atomic E-state index is 2.45. The maximum Gasteiger partial charge on any atom is -0.00259 e. The zero-order valence-electron chi connectivity index (χ0n) is 43.0. The number of fused-ring (bicyclic) bond motifs is 3. The van der Waals surface area contributed by atoms with E-state index >= 15 is 0 Å². The van der Waals surface area contributed by atoms with Crippen molar-refractivity contribution >= 4 is 32.3 Å². The molecule has 364 valence electrons. The fraction of sp³-hybridized carbons (Fsp3) is 0. The minimum absolute atomic E-state index is 1.14. The first-order valence-electron chi connectivity index (χ1n) is 27.0. The summed E-state index contributed by atoms with van der Waals surface area (Å²) in [5.74, 6) is 0. The van der Waals surface area contributed by atoms with Gasteiger partial charge in [-0.05, 0) is 216 Å². The highest BCUT2D eigenvalue weighted by Gasteiger charge is 2.20. The van der Waals surface area contributed by atoms with Crippen molar-refractivity contribution < 1.29 is 0 Å². The topological polar surface area (TPSA) is 0 Å². The summed E-state index contributed by atoms with van der Waals surface area (Å²) < 4.78 is 0. The van der Waals surface area contributed by atoms with Crippen LogP contribution in [-0.4, -0.2) is 0 Å². The summed E-state index contributed by atoms with van der Waals surface area (Å²) in [5.41, 5.74) is 23.6. The Morgan fingerprint density at radius 1 is 0.115 bits per heavy atom. The molecule has 78 heavy (non-hydrogen) atoms. The van der Waals surface area contributed by atoms with Gasteiger partial charge in [0.05, 0.1) is 0 Å². The molecule has 0 radical (unpaired) electrons. The number of rotatable bonds is 10. The SMILES string of the molecule is c1ccc(-c2cccc(-c3cc(-c4ccccc4)cc(-c4cc(-c5cc(-c6ccccc6)cc(-c6cccc(-c7ccccc7)c6)c5)cc(-c5c6ccccc6c(-c6ccc7ccccc7c6)c6ccccc56)c4)c3)c2)cc1. The van der Waals surface area contributed by atoms with Gasteiger partial charge in [0.25, 0.3) is 0 Å². The first-order valence-corrected chi connectivity index (χ1v) is 27.0. The minimum Gasteiger partial charge on any atom is -0.0622 e. The molecule has 0 saturated carbocycles. The molecular formula is C78H52. The van der Waals surface area contributed by atoms with Gasteiger partial charge in [-0.2, -0.15) is 0 Å². The largest absolute Gasteiger partial charge is 0.0622 e. The standard InChI is InChI=1S/C78H52/c1-5-21-53(22-6-1)59-31-19-33-61(41-59)66-44-64(55-25-9-3-10-26-55)46-68(48-66)70-50-71(69-47-65(56-27-11-4-12-28-56)45-67(49-69)62-34-20-32-60(42-62)54-23-7-2-8-24-54)52-72(51-70)78-75-37-17-15-35-73(75)77(74-36-16-18-38-76(74)78)63-40-39-57-29-13-14-30-58(57)43-63/h1-52H. The van der Waals surface area contributed by atoms with Gasteiger partial charge >= 0.3 is 0 Å². The monoisotopic (exact) mass is 988 g/mol. The lowest BCUT2D eigenvalue weighted by molar-refractivity contribution is 1.54. The van der Waals surface area contributed by atoms with Crippen LogP contribution in [0.1, 0.15) is 0 Å². The third-order valence-electron chi connectivity index (χ3n) is 15.5. The van der Waals surface area contributed by atoms with Gasteiger partial charge < -0.3 is 0 Å². The molecule has 0 aliphatic heterocycles. The van der Waals surface area contributed by atoms with Crippen molar-refractivity contribution in [2.24, 2.45) is 0 Å². The fourth-order valence-electron chi connectivity index (χ4n) is 11.7. The molecule has 0 heteroatoms. The van der Waals surface area contributed by atoms with Crippen molar-refractivity contribution in [1.29, 1.82) is 0 Å². The Morgan fingerprint density at radius 2 is 0.359 bits per heavy atom. The van der Waals surface area contributed by atoms with Gasteiger partial charge in [-0.1, -0.05) is 243 Å². The number of hydrogen-bond donors (Lipinski definition) is 0. The Labute approximate surface area is 456 Å². The molecule has 0 aliphatic carbocycles. The number of benzene rings is 14. The van der Waals surface area contributed by atoms with Crippen LogP contribution in [0, 0.1) is 0 Å².